The first kappa shape index (κ1) is 12.8. The maximum Gasteiger partial charge on any atom is 0.220 e. The fourth-order valence-corrected chi connectivity index (χ4v) is 3.15. The van der Waals surface area contributed by atoms with Crippen LogP contribution >= 0.6 is 22.9 Å². The molecule has 0 saturated heterocycles. The lowest BCUT2D eigenvalue weighted by atomic mass is 10.4. The van der Waals surface area contributed by atoms with E-state index in [9.17, 15) is 4.79 Å². The molecule has 3 heterocycles. The molecule has 0 fully saturated rings. The average Bonchev–Trinajstić information content (AvgIpc) is 3.10. The van der Waals surface area contributed by atoms with E-state index < -0.39 is 0 Å². The van der Waals surface area contributed by atoms with Crippen molar-refractivity contribution in [1.82, 2.24) is 24.8 Å². The molecule has 100 valence electrons. The highest BCUT2D eigenvalue weighted by Crippen LogP contribution is 2.34. The zero-order chi connectivity index (χ0) is 13.9. The van der Waals surface area contributed by atoms with Crippen LogP contribution in [0.1, 0.15) is 5.69 Å². The van der Waals surface area contributed by atoms with Gasteiger partial charge in [-0.05, 0) is 30.6 Å². The van der Waals surface area contributed by atoms with E-state index in [0.717, 1.165) is 10.6 Å². The predicted molar refractivity (Wildman–Crippen MR) is 76.0 cm³/mol. The van der Waals surface area contributed by atoms with Gasteiger partial charge in [-0.1, -0.05) is 15.8 Å². The summed E-state index contributed by atoms with van der Waals surface area (Å²) in [5, 5.41) is 13.3. The van der Waals surface area contributed by atoms with Gasteiger partial charge in [0.05, 0.1) is 11.4 Å². The fourth-order valence-electron chi connectivity index (χ4n) is 1.55. The number of rotatable bonds is 4. The van der Waals surface area contributed by atoms with Crippen molar-refractivity contribution >= 4 is 40.1 Å². The molecule has 0 aliphatic carbocycles. The third kappa shape index (κ3) is 2.28. The largest absolute Gasteiger partial charge is 0.278 e. The molecule has 20 heavy (non-hydrogen) atoms. The minimum Gasteiger partial charge on any atom is -0.278 e. The molecule has 0 radical (unpaired) electrons. The molecule has 0 saturated carbocycles. The maximum absolute atomic E-state index is 11.3. The van der Waals surface area contributed by atoms with Gasteiger partial charge in [0, 0.05) is 12.4 Å². The molecule has 0 unspecified atom stereocenters. The maximum atomic E-state index is 11.3. The Hall–Kier alpha value is -2.26. The highest BCUT2D eigenvalue weighted by atomic mass is 32.1. The molecule has 3 aromatic heterocycles. The number of hydrogen-bond acceptors (Lipinski definition) is 8. The predicted octanol–water partition coefficient (Wildman–Crippen LogP) is 2.05. The van der Waals surface area contributed by atoms with Gasteiger partial charge < -0.3 is 0 Å². The molecule has 3 aromatic rings. The van der Waals surface area contributed by atoms with Gasteiger partial charge in [-0.15, -0.1) is 15.3 Å². The zero-order valence-corrected chi connectivity index (χ0v) is 11.9. The average molecular weight is 304 g/mol. The molecule has 9 heteroatoms. The van der Waals surface area contributed by atoms with Crippen LogP contribution in [0, 0.1) is 6.92 Å². The lowest BCUT2D eigenvalue weighted by molar-refractivity contribution is -0.106. The Morgan fingerprint density at radius 2 is 2.00 bits per heavy atom. The number of hydrogen-bond donors (Lipinski definition) is 0. The molecule has 0 atom stereocenters. The van der Waals surface area contributed by atoms with Crippen LogP contribution in [0.4, 0.5) is 10.8 Å². The number of aryl methyl sites for hydroxylation is 1. The van der Waals surface area contributed by atoms with Gasteiger partial charge in [-0.2, -0.15) is 0 Å². The third-order valence-corrected chi connectivity index (χ3v) is 4.42. The Labute approximate surface area is 122 Å². The quantitative estimate of drug-likeness (QED) is 0.686. The van der Waals surface area contributed by atoms with Crippen molar-refractivity contribution in [3.63, 3.8) is 0 Å². The molecule has 1 amide bonds. The Morgan fingerprint density at radius 1 is 1.20 bits per heavy atom. The fraction of sp³-hybridized carbons (Fsp3) is 0.0909. The zero-order valence-electron chi connectivity index (χ0n) is 10.3. The van der Waals surface area contributed by atoms with Gasteiger partial charge in [0.1, 0.15) is 4.88 Å². The number of pyridine rings is 1. The van der Waals surface area contributed by atoms with Crippen LogP contribution < -0.4 is 4.90 Å². The second kappa shape index (κ2) is 5.39. The van der Waals surface area contributed by atoms with Crippen LogP contribution in [0.2, 0.25) is 0 Å². The van der Waals surface area contributed by atoms with E-state index in [1.807, 2.05) is 6.92 Å². The summed E-state index contributed by atoms with van der Waals surface area (Å²) in [6.45, 7) is 1.86. The molecule has 7 nitrogen and oxygen atoms in total. The van der Waals surface area contributed by atoms with E-state index in [4.69, 9.17) is 0 Å². The van der Waals surface area contributed by atoms with Gasteiger partial charge in [0.15, 0.2) is 5.01 Å². The minimum absolute atomic E-state index is 0.494. The Bertz CT molecular complexity index is 725. The number of anilines is 2. The summed E-state index contributed by atoms with van der Waals surface area (Å²) in [7, 11) is 0. The van der Waals surface area contributed by atoms with Gasteiger partial charge in [-0.25, -0.2) is 0 Å². The van der Waals surface area contributed by atoms with Crippen LogP contribution in [-0.4, -0.2) is 31.2 Å². The lowest BCUT2D eigenvalue weighted by Gasteiger charge is -2.11. The summed E-state index contributed by atoms with van der Waals surface area (Å²) in [6.07, 6.45) is 3.94. The van der Waals surface area contributed by atoms with Crippen LogP contribution in [0.3, 0.4) is 0 Å². The second-order valence-corrected chi connectivity index (χ2v) is 5.47. The molecule has 0 N–H and O–H groups in total. The summed E-state index contributed by atoms with van der Waals surface area (Å²) >= 11 is 2.58. The number of aromatic nitrogens is 5. The van der Waals surface area contributed by atoms with Crippen molar-refractivity contribution in [1.29, 1.82) is 0 Å². The Morgan fingerprint density at radius 3 is 2.65 bits per heavy atom. The highest BCUT2D eigenvalue weighted by molar-refractivity contribution is 7.22. The van der Waals surface area contributed by atoms with Gasteiger partial charge in [0.25, 0.3) is 0 Å². The Kier molecular flexibility index (Phi) is 3.44. The molecule has 0 aromatic carbocycles. The topological polar surface area (TPSA) is 84.8 Å². The summed E-state index contributed by atoms with van der Waals surface area (Å²) in [4.78, 5) is 17.5. The van der Waals surface area contributed by atoms with Crippen molar-refractivity contribution in [2.45, 2.75) is 6.92 Å². The number of nitrogens with zero attached hydrogens (tertiary/aromatic N) is 6. The van der Waals surface area contributed by atoms with Crippen molar-refractivity contribution in [3.05, 3.63) is 30.2 Å². The highest BCUT2D eigenvalue weighted by Gasteiger charge is 2.17. The van der Waals surface area contributed by atoms with Gasteiger partial charge in [0.2, 0.25) is 11.5 Å². The second-order valence-electron chi connectivity index (χ2n) is 3.76. The van der Waals surface area contributed by atoms with Crippen LogP contribution in [0.15, 0.2) is 24.5 Å². The van der Waals surface area contributed by atoms with E-state index in [2.05, 4.69) is 24.8 Å². The van der Waals surface area contributed by atoms with E-state index in [1.54, 1.807) is 24.5 Å². The van der Waals surface area contributed by atoms with Crippen molar-refractivity contribution in [2.24, 2.45) is 0 Å². The summed E-state index contributed by atoms with van der Waals surface area (Å²) in [5.41, 5.74) is 1.50. The number of carbonyl (C=O) groups is 1. The summed E-state index contributed by atoms with van der Waals surface area (Å²) < 4.78 is 3.87. The molecular formula is C11H8N6OS2. The third-order valence-electron chi connectivity index (χ3n) is 2.51. The Balaban J connectivity index is 1.97. The first-order valence-corrected chi connectivity index (χ1v) is 7.16. The molecule has 0 bridgehead atoms. The molecular weight excluding hydrogens is 296 g/mol. The van der Waals surface area contributed by atoms with Gasteiger partial charge >= 0.3 is 0 Å². The first-order chi connectivity index (χ1) is 9.79. The van der Waals surface area contributed by atoms with Gasteiger partial charge in [-0.3, -0.25) is 14.7 Å². The molecule has 0 spiro atoms. The monoisotopic (exact) mass is 304 g/mol. The first-order valence-electron chi connectivity index (χ1n) is 5.57. The minimum atomic E-state index is 0.494. The van der Waals surface area contributed by atoms with Crippen molar-refractivity contribution in [3.8, 4) is 9.88 Å². The number of amides is 1. The standard InChI is InChI=1S/C11H8N6OS2/c1-7-9(20-16-13-7)10-14-15-11(19-10)17(6-18)8-2-4-12-5-3-8/h2-6H,1H3. The molecule has 0 aliphatic rings. The van der Waals surface area contributed by atoms with Crippen molar-refractivity contribution < 1.29 is 4.79 Å². The van der Waals surface area contributed by atoms with Crippen LogP contribution in [0.25, 0.3) is 9.88 Å². The van der Waals surface area contributed by atoms with Crippen molar-refractivity contribution in [2.75, 3.05) is 4.90 Å². The van der Waals surface area contributed by atoms with E-state index in [0.29, 0.717) is 22.2 Å². The van der Waals surface area contributed by atoms with Crippen LogP contribution in [0.5, 0.6) is 0 Å². The normalized spacial score (nSPS) is 10.4. The van der Waals surface area contributed by atoms with E-state index in [1.165, 1.54) is 27.8 Å². The smallest absolute Gasteiger partial charge is 0.220 e. The summed E-state index contributed by atoms with van der Waals surface area (Å²) in [5.74, 6) is 0. The molecule has 3 rings (SSSR count). The van der Waals surface area contributed by atoms with Crippen LogP contribution in [-0.2, 0) is 4.79 Å². The summed E-state index contributed by atoms with van der Waals surface area (Å²) in [6, 6.07) is 3.46. The van der Waals surface area contributed by atoms with E-state index >= 15 is 0 Å². The number of carbonyl (C=O) groups excluding carboxylic acids is 1. The SMILES string of the molecule is Cc1nnsc1-c1nnc(N(C=O)c2ccncc2)s1. The molecule has 0 aliphatic heterocycles. The van der Waals surface area contributed by atoms with E-state index in [-0.39, 0.29) is 0 Å². The lowest BCUT2D eigenvalue weighted by Crippen LogP contribution is -2.13.